The molecule has 0 aliphatic heterocycles. The Morgan fingerprint density at radius 1 is 0.737 bits per heavy atom. The van der Waals surface area contributed by atoms with Crippen molar-refractivity contribution < 1.29 is 0 Å². The summed E-state index contributed by atoms with van der Waals surface area (Å²) in [5.41, 5.74) is 4.40. The largest absolute Gasteiger partial charge is 0.0619 e. The van der Waals surface area contributed by atoms with Gasteiger partial charge in [-0.2, -0.15) is 0 Å². The Kier molecular flexibility index (Phi) is 4.21. The first-order valence-corrected chi connectivity index (χ1v) is 8.28. The zero-order valence-electron chi connectivity index (χ0n) is 11.1. The number of hydrogen-bond donors (Lipinski definition) is 0. The molecule has 98 valence electrons. The average Bonchev–Trinajstić information content (AvgIpc) is 2.49. The van der Waals surface area contributed by atoms with Crippen LogP contribution in [-0.2, 0) is 0 Å². The summed E-state index contributed by atoms with van der Waals surface area (Å²) in [6.45, 7) is 0. The van der Waals surface area contributed by atoms with Gasteiger partial charge in [0.05, 0.1) is 0 Å². The predicted octanol–water partition coefficient (Wildman–Crippen LogP) is 6.01. The van der Waals surface area contributed by atoms with Gasteiger partial charge in [0.2, 0.25) is 0 Å². The van der Waals surface area contributed by atoms with Gasteiger partial charge in [0.25, 0.3) is 0 Å². The summed E-state index contributed by atoms with van der Waals surface area (Å²) in [6.07, 6.45) is 6.93. The fraction of sp³-hybridized carbons (Fsp3) is 0.333. The van der Waals surface area contributed by atoms with Gasteiger partial charge in [-0.1, -0.05) is 61.7 Å². The van der Waals surface area contributed by atoms with Crippen molar-refractivity contribution >= 4 is 22.6 Å². The van der Waals surface area contributed by atoms with Gasteiger partial charge in [0.1, 0.15) is 0 Å². The van der Waals surface area contributed by atoms with E-state index in [4.69, 9.17) is 0 Å². The molecule has 0 atom stereocenters. The maximum Gasteiger partial charge on any atom is 0.0208 e. The normalized spacial score (nSPS) is 16.5. The third-order valence-electron chi connectivity index (χ3n) is 4.17. The third-order valence-corrected chi connectivity index (χ3v) is 5.11. The Hall–Kier alpha value is -0.830. The minimum absolute atomic E-state index is 0.765. The molecule has 0 bridgehead atoms. The molecule has 1 aliphatic rings. The Balaban J connectivity index is 2.04. The zero-order chi connectivity index (χ0) is 13.1. The summed E-state index contributed by atoms with van der Waals surface area (Å²) < 4.78 is 1.35. The average molecular weight is 362 g/mol. The molecule has 2 aromatic carbocycles. The summed E-state index contributed by atoms with van der Waals surface area (Å²) in [6, 6.07) is 17.7. The van der Waals surface area contributed by atoms with Crippen LogP contribution < -0.4 is 0 Å². The smallest absolute Gasteiger partial charge is 0.0208 e. The van der Waals surface area contributed by atoms with Crippen molar-refractivity contribution in [2.75, 3.05) is 0 Å². The molecule has 0 amide bonds. The van der Waals surface area contributed by atoms with Gasteiger partial charge in [0, 0.05) is 3.57 Å². The highest BCUT2D eigenvalue weighted by atomic mass is 127. The van der Waals surface area contributed by atoms with Crippen LogP contribution >= 0.6 is 22.6 Å². The van der Waals surface area contributed by atoms with Crippen molar-refractivity contribution in [3.8, 4) is 11.1 Å². The van der Waals surface area contributed by atoms with Gasteiger partial charge in [-0.3, -0.25) is 0 Å². The third kappa shape index (κ3) is 2.86. The predicted molar refractivity (Wildman–Crippen MR) is 90.4 cm³/mol. The molecule has 0 radical (unpaired) electrons. The van der Waals surface area contributed by atoms with Crippen molar-refractivity contribution in [3.63, 3.8) is 0 Å². The van der Waals surface area contributed by atoms with Crippen molar-refractivity contribution in [1.29, 1.82) is 0 Å². The molecule has 0 N–H and O–H groups in total. The molecule has 2 aromatic rings. The van der Waals surface area contributed by atoms with E-state index < -0.39 is 0 Å². The highest BCUT2D eigenvalue weighted by Crippen LogP contribution is 2.38. The van der Waals surface area contributed by atoms with E-state index in [2.05, 4.69) is 71.1 Å². The second kappa shape index (κ2) is 6.08. The van der Waals surface area contributed by atoms with E-state index in [0.29, 0.717) is 0 Å². The second-order valence-corrected chi connectivity index (χ2v) is 6.56. The van der Waals surface area contributed by atoms with Crippen LogP contribution in [0.4, 0.5) is 0 Å². The highest BCUT2D eigenvalue weighted by molar-refractivity contribution is 14.1. The molecule has 0 spiro atoms. The molecule has 1 aliphatic carbocycles. The van der Waals surface area contributed by atoms with Crippen LogP contribution in [0, 0.1) is 3.57 Å². The SMILES string of the molecule is Ic1ccccc1-c1ccccc1C1CCCCC1. The quantitative estimate of drug-likeness (QED) is 0.575. The fourth-order valence-electron chi connectivity index (χ4n) is 3.19. The van der Waals surface area contributed by atoms with Gasteiger partial charge < -0.3 is 0 Å². The lowest BCUT2D eigenvalue weighted by Crippen LogP contribution is -2.06. The summed E-state index contributed by atoms with van der Waals surface area (Å²) in [4.78, 5) is 0. The van der Waals surface area contributed by atoms with Gasteiger partial charge in [0.15, 0.2) is 0 Å². The minimum atomic E-state index is 0.765. The van der Waals surface area contributed by atoms with Crippen LogP contribution in [0.3, 0.4) is 0 Å². The highest BCUT2D eigenvalue weighted by Gasteiger charge is 2.19. The van der Waals surface area contributed by atoms with Crippen LogP contribution in [0.5, 0.6) is 0 Å². The van der Waals surface area contributed by atoms with Crippen molar-refractivity contribution in [2.45, 2.75) is 38.0 Å². The summed E-state index contributed by atoms with van der Waals surface area (Å²) >= 11 is 2.45. The lowest BCUT2D eigenvalue weighted by Gasteiger charge is -2.24. The molecule has 1 heteroatoms. The fourth-order valence-corrected chi connectivity index (χ4v) is 3.87. The van der Waals surface area contributed by atoms with Gasteiger partial charge in [-0.25, -0.2) is 0 Å². The molecule has 0 heterocycles. The standard InChI is InChI=1S/C18H19I/c19-18-13-7-6-12-17(18)16-11-5-4-10-15(16)14-8-2-1-3-9-14/h4-7,10-14H,1-3,8-9H2. The van der Waals surface area contributed by atoms with Crippen LogP contribution in [0.25, 0.3) is 11.1 Å². The molecule has 3 rings (SSSR count). The number of hydrogen-bond acceptors (Lipinski definition) is 0. The van der Waals surface area contributed by atoms with Crippen LogP contribution in [0.2, 0.25) is 0 Å². The Bertz CT molecular complexity index is 553. The molecular weight excluding hydrogens is 343 g/mol. The van der Waals surface area contributed by atoms with Crippen LogP contribution in [0.1, 0.15) is 43.6 Å². The van der Waals surface area contributed by atoms with E-state index >= 15 is 0 Å². The van der Waals surface area contributed by atoms with E-state index in [0.717, 1.165) is 5.92 Å². The number of rotatable bonds is 2. The summed E-state index contributed by atoms with van der Waals surface area (Å²) in [5, 5.41) is 0. The maximum absolute atomic E-state index is 2.45. The second-order valence-electron chi connectivity index (χ2n) is 5.40. The molecule has 1 fully saturated rings. The summed E-state index contributed by atoms with van der Waals surface area (Å²) in [5.74, 6) is 0.765. The van der Waals surface area contributed by atoms with E-state index in [9.17, 15) is 0 Å². The van der Waals surface area contributed by atoms with E-state index in [-0.39, 0.29) is 0 Å². The van der Waals surface area contributed by atoms with E-state index in [1.54, 1.807) is 5.56 Å². The molecule has 0 saturated heterocycles. The van der Waals surface area contributed by atoms with Crippen molar-refractivity contribution in [2.24, 2.45) is 0 Å². The van der Waals surface area contributed by atoms with E-state index in [1.807, 2.05) is 0 Å². The monoisotopic (exact) mass is 362 g/mol. The van der Waals surface area contributed by atoms with Crippen LogP contribution in [-0.4, -0.2) is 0 Å². The molecule has 1 saturated carbocycles. The topological polar surface area (TPSA) is 0 Å². The Morgan fingerprint density at radius 2 is 1.37 bits per heavy atom. The molecule has 0 nitrogen and oxygen atoms in total. The first-order chi connectivity index (χ1) is 9.36. The maximum atomic E-state index is 2.45. The zero-order valence-corrected chi connectivity index (χ0v) is 13.3. The van der Waals surface area contributed by atoms with Gasteiger partial charge >= 0.3 is 0 Å². The molecule has 19 heavy (non-hydrogen) atoms. The number of halogens is 1. The summed E-state index contributed by atoms with van der Waals surface area (Å²) in [7, 11) is 0. The first kappa shape index (κ1) is 13.2. The van der Waals surface area contributed by atoms with Crippen molar-refractivity contribution in [3.05, 3.63) is 57.7 Å². The van der Waals surface area contributed by atoms with Gasteiger partial charge in [-0.15, -0.1) is 0 Å². The van der Waals surface area contributed by atoms with E-state index in [1.165, 1.54) is 46.8 Å². The van der Waals surface area contributed by atoms with Gasteiger partial charge in [-0.05, 0) is 64.1 Å². The lowest BCUT2D eigenvalue weighted by molar-refractivity contribution is 0.444. The van der Waals surface area contributed by atoms with Crippen LogP contribution in [0.15, 0.2) is 48.5 Å². The first-order valence-electron chi connectivity index (χ1n) is 7.20. The minimum Gasteiger partial charge on any atom is -0.0619 e. The Labute approximate surface area is 129 Å². The number of benzene rings is 2. The lowest BCUT2D eigenvalue weighted by atomic mass is 9.81. The van der Waals surface area contributed by atoms with Crippen molar-refractivity contribution in [1.82, 2.24) is 0 Å². The molecule has 0 aromatic heterocycles. The molecule has 0 unspecified atom stereocenters. The Morgan fingerprint density at radius 3 is 2.11 bits per heavy atom. The molecular formula is C18H19I.